The second-order valence-electron chi connectivity index (χ2n) is 6.00. The summed E-state index contributed by atoms with van der Waals surface area (Å²) in [4.78, 5) is 20.6. The molecule has 0 fully saturated rings. The maximum absolute atomic E-state index is 12.2. The third-order valence-corrected chi connectivity index (χ3v) is 4.41. The predicted molar refractivity (Wildman–Crippen MR) is 104 cm³/mol. The summed E-state index contributed by atoms with van der Waals surface area (Å²) < 4.78 is 0. The molecule has 3 aromatic rings. The fourth-order valence-corrected chi connectivity index (χ4v) is 2.54. The lowest BCUT2D eigenvalue weighted by Crippen LogP contribution is -2.23. The molecular weight excluding hydrogens is 348 g/mol. The van der Waals surface area contributed by atoms with E-state index in [1.807, 2.05) is 56.3 Å². The Labute approximate surface area is 157 Å². The number of aryl methyl sites for hydroxylation is 1. The first-order valence-electron chi connectivity index (χ1n) is 8.21. The summed E-state index contributed by atoms with van der Waals surface area (Å²) in [6.45, 7) is 4.40. The summed E-state index contributed by atoms with van der Waals surface area (Å²) in [7, 11) is 0. The van der Waals surface area contributed by atoms with Gasteiger partial charge in [-0.15, -0.1) is 0 Å². The van der Waals surface area contributed by atoms with Gasteiger partial charge in [0.05, 0.1) is 5.56 Å². The van der Waals surface area contributed by atoms with Gasteiger partial charge < -0.3 is 10.6 Å². The number of anilines is 2. The van der Waals surface area contributed by atoms with E-state index in [-0.39, 0.29) is 5.91 Å². The van der Waals surface area contributed by atoms with E-state index >= 15 is 0 Å². The van der Waals surface area contributed by atoms with Crippen LogP contribution in [0.3, 0.4) is 0 Å². The van der Waals surface area contributed by atoms with E-state index in [1.54, 1.807) is 0 Å². The molecule has 3 rings (SSSR count). The Morgan fingerprint density at radius 1 is 1.04 bits per heavy atom. The molecule has 0 bridgehead atoms. The zero-order chi connectivity index (χ0) is 18.5. The van der Waals surface area contributed by atoms with Gasteiger partial charge >= 0.3 is 0 Å². The first kappa shape index (κ1) is 17.9. The van der Waals surface area contributed by atoms with Gasteiger partial charge in [0.15, 0.2) is 0 Å². The molecule has 2 N–H and O–H groups in total. The van der Waals surface area contributed by atoms with Crippen LogP contribution in [-0.4, -0.2) is 15.9 Å². The van der Waals surface area contributed by atoms with Crippen molar-refractivity contribution < 1.29 is 4.79 Å². The standard InChI is InChI=1S/C20H19ClN4O/c1-13-6-8-15(9-7-13)10-22-19(26)16-11-23-20(24-12-16)25-18-5-3-4-17(21)14(18)2/h3-9,11-12H,10H2,1-2H3,(H,22,26)(H,23,24,25). The lowest BCUT2D eigenvalue weighted by atomic mass is 10.1. The van der Waals surface area contributed by atoms with Crippen LogP contribution in [0.1, 0.15) is 27.0 Å². The third kappa shape index (κ3) is 4.37. The van der Waals surface area contributed by atoms with Crippen LogP contribution in [0, 0.1) is 13.8 Å². The number of carbonyl (C=O) groups excluding carboxylic acids is 1. The molecule has 0 radical (unpaired) electrons. The van der Waals surface area contributed by atoms with E-state index < -0.39 is 0 Å². The molecule has 1 amide bonds. The molecule has 0 aliphatic carbocycles. The Morgan fingerprint density at radius 3 is 2.42 bits per heavy atom. The zero-order valence-corrected chi connectivity index (χ0v) is 15.3. The van der Waals surface area contributed by atoms with Crippen molar-refractivity contribution in [1.29, 1.82) is 0 Å². The van der Waals surface area contributed by atoms with Crippen LogP contribution in [0.2, 0.25) is 5.02 Å². The van der Waals surface area contributed by atoms with Crippen LogP contribution < -0.4 is 10.6 Å². The van der Waals surface area contributed by atoms with E-state index in [9.17, 15) is 4.79 Å². The summed E-state index contributed by atoms with van der Waals surface area (Å²) in [5.41, 5.74) is 4.38. The number of halogens is 1. The van der Waals surface area contributed by atoms with Crippen molar-refractivity contribution in [2.45, 2.75) is 20.4 Å². The van der Waals surface area contributed by atoms with Gasteiger partial charge in [-0.2, -0.15) is 0 Å². The predicted octanol–water partition coefficient (Wildman–Crippen LogP) is 4.42. The molecule has 1 aromatic heterocycles. The lowest BCUT2D eigenvalue weighted by Gasteiger charge is -2.09. The fraction of sp³-hybridized carbons (Fsp3) is 0.150. The van der Waals surface area contributed by atoms with E-state index in [4.69, 9.17) is 11.6 Å². The second kappa shape index (κ2) is 7.97. The SMILES string of the molecule is Cc1ccc(CNC(=O)c2cnc(Nc3cccc(Cl)c3C)nc2)cc1. The Morgan fingerprint density at radius 2 is 1.73 bits per heavy atom. The molecule has 132 valence electrons. The lowest BCUT2D eigenvalue weighted by molar-refractivity contribution is 0.0950. The van der Waals surface area contributed by atoms with Crippen LogP contribution in [0.15, 0.2) is 54.9 Å². The highest BCUT2D eigenvalue weighted by atomic mass is 35.5. The molecule has 0 atom stereocenters. The molecule has 0 saturated heterocycles. The summed E-state index contributed by atoms with van der Waals surface area (Å²) in [5, 5.41) is 6.64. The second-order valence-corrected chi connectivity index (χ2v) is 6.41. The van der Waals surface area contributed by atoms with Crippen LogP contribution >= 0.6 is 11.6 Å². The van der Waals surface area contributed by atoms with Crippen molar-refractivity contribution in [1.82, 2.24) is 15.3 Å². The summed E-state index contributed by atoms with van der Waals surface area (Å²) in [6.07, 6.45) is 3.00. The molecule has 5 nitrogen and oxygen atoms in total. The van der Waals surface area contributed by atoms with Gasteiger partial charge in [-0.05, 0) is 37.1 Å². The van der Waals surface area contributed by atoms with Gasteiger partial charge in [0.25, 0.3) is 5.91 Å². The molecule has 0 aliphatic rings. The molecule has 0 unspecified atom stereocenters. The topological polar surface area (TPSA) is 66.9 Å². The van der Waals surface area contributed by atoms with Gasteiger partial charge in [-0.1, -0.05) is 47.5 Å². The maximum Gasteiger partial charge on any atom is 0.254 e. The number of nitrogens with one attached hydrogen (secondary N) is 2. The first-order valence-corrected chi connectivity index (χ1v) is 8.58. The fourth-order valence-electron chi connectivity index (χ4n) is 2.36. The number of benzene rings is 2. The molecule has 26 heavy (non-hydrogen) atoms. The highest BCUT2D eigenvalue weighted by Gasteiger charge is 2.08. The highest BCUT2D eigenvalue weighted by Crippen LogP contribution is 2.24. The quantitative estimate of drug-likeness (QED) is 0.701. The summed E-state index contributed by atoms with van der Waals surface area (Å²) >= 11 is 6.11. The Kier molecular flexibility index (Phi) is 5.49. The summed E-state index contributed by atoms with van der Waals surface area (Å²) in [6, 6.07) is 13.6. The smallest absolute Gasteiger partial charge is 0.254 e. The van der Waals surface area contributed by atoms with Gasteiger partial charge in [0.1, 0.15) is 0 Å². The van der Waals surface area contributed by atoms with Crippen molar-refractivity contribution >= 4 is 29.1 Å². The Balaban J connectivity index is 1.62. The molecule has 1 heterocycles. The largest absolute Gasteiger partial charge is 0.348 e. The van der Waals surface area contributed by atoms with E-state index in [2.05, 4.69) is 20.6 Å². The summed E-state index contributed by atoms with van der Waals surface area (Å²) in [5.74, 6) is 0.196. The monoisotopic (exact) mass is 366 g/mol. The molecule has 0 aliphatic heterocycles. The average molecular weight is 367 g/mol. The minimum absolute atomic E-state index is 0.212. The van der Waals surface area contributed by atoms with Gasteiger partial charge in [-0.3, -0.25) is 4.79 Å². The van der Waals surface area contributed by atoms with Crippen LogP contribution in [0.4, 0.5) is 11.6 Å². The zero-order valence-electron chi connectivity index (χ0n) is 14.6. The number of hydrogen-bond donors (Lipinski definition) is 2. The van der Waals surface area contributed by atoms with Crippen molar-refractivity contribution in [3.05, 3.63) is 82.1 Å². The molecule has 2 aromatic carbocycles. The average Bonchev–Trinajstić information content (AvgIpc) is 2.65. The number of rotatable bonds is 5. The molecular formula is C20H19ClN4O. The Bertz CT molecular complexity index is 908. The van der Waals surface area contributed by atoms with Crippen molar-refractivity contribution in [2.24, 2.45) is 0 Å². The van der Waals surface area contributed by atoms with Gasteiger partial charge in [-0.25, -0.2) is 9.97 Å². The highest BCUT2D eigenvalue weighted by molar-refractivity contribution is 6.31. The van der Waals surface area contributed by atoms with Crippen molar-refractivity contribution in [3.8, 4) is 0 Å². The van der Waals surface area contributed by atoms with Gasteiger partial charge in [0.2, 0.25) is 5.95 Å². The van der Waals surface area contributed by atoms with E-state index in [1.165, 1.54) is 18.0 Å². The first-order chi connectivity index (χ1) is 12.5. The van der Waals surface area contributed by atoms with Crippen molar-refractivity contribution in [2.75, 3.05) is 5.32 Å². The minimum atomic E-state index is -0.212. The molecule has 6 heteroatoms. The normalized spacial score (nSPS) is 10.4. The van der Waals surface area contributed by atoms with Gasteiger partial charge in [0, 0.05) is 29.6 Å². The number of amides is 1. The number of carbonyl (C=O) groups is 1. The third-order valence-electron chi connectivity index (χ3n) is 4.00. The van der Waals surface area contributed by atoms with Crippen LogP contribution in [-0.2, 0) is 6.54 Å². The van der Waals surface area contributed by atoms with E-state index in [0.717, 1.165) is 16.8 Å². The maximum atomic E-state index is 12.2. The van der Waals surface area contributed by atoms with Crippen LogP contribution in [0.25, 0.3) is 0 Å². The number of hydrogen-bond acceptors (Lipinski definition) is 4. The Hall–Kier alpha value is -2.92. The molecule has 0 spiro atoms. The van der Waals surface area contributed by atoms with Crippen LogP contribution in [0.5, 0.6) is 0 Å². The number of aromatic nitrogens is 2. The van der Waals surface area contributed by atoms with Crippen molar-refractivity contribution in [3.63, 3.8) is 0 Å². The minimum Gasteiger partial charge on any atom is -0.348 e. The molecule has 0 saturated carbocycles. The number of nitrogens with zero attached hydrogens (tertiary/aromatic N) is 2. The van der Waals surface area contributed by atoms with E-state index in [0.29, 0.717) is 23.1 Å².